The molecule has 1 aromatic heterocycles. The molecule has 2 atom stereocenters. The van der Waals surface area contributed by atoms with Gasteiger partial charge in [-0.05, 0) is 48.7 Å². The number of hydrogen-bond acceptors (Lipinski definition) is 3. The normalized spacial score (nSPS) is 18.3. The summed E-state index contributed by atoms with van der Waals surface area (Å²) in [7, 11) is 0. The van der Waals surface area contributed by atoms with Crippen molar-refractivity contribution in [3.63, 3.8) is 0 Å². The van der Waals surface area contributed by atoms with Gasteiger partial charge in [-0.15, -0.1) is 0 Å². The van der Waals surface area contributed by atoms with Gasteiger partial charge >= 0.3 is 4.87 Å². The maximum Gasteiger partial charge on any atom is 0.308 e. The van der Waals surface area contributed by atoms with Crippen LogP contribution in [0.3, 0.4) is 0 Å². The van der Waals surface area contributed by atoms with Crippen molar-refractivity contribution in [2.75, 3.05) is 0 Å². The van der Waals surface area contributed by atoms with E-state index in [9.17, 15) is 14.0 Å². The summed E-state index contributed by atoms with van der Waals surface area (Å²) in [6, 6.07) is 16.2. The fourth-order valence-electron chi connectivity index (χ4n) is 3.45. The summed E-state index contributed by atoms with van der Waals surface area (Å²) in [6.45, 7) is 1.80. The molecule has 2 aromatic carbocycles. The number of amides is 1. The van der Waals surface area contributed by atoms with Gasteiger partial charge in [-0.1, -0.05) is 41.7 Å². The highest BCUT2D eigenvalue weighted by Crippen LogP contribution is 2.40. The van der Waals surface area contributed by atoms with E-state index in [4.69, 9.17) is 0 Å². The Hall–Kier alpha value is -2.73. The summed E-state index contributed by atoms with van der Waals surface area (Å²) in [4.78, 5) is 25.5. The molecule has 1 fully saturated rings. The molecule has 0 aliphatic heterocycles. The van der Waals surface area contributed by atoms with E-state index in [2.05, 4.69) is 17.4 Å². The minimum Gasteiger partial charge on any atom is -0.351 e. The summed E-state index contributed by atoms with van der Waals surface area (Å²) in [6.07, 6.45) is 0.915. The number of rotatable bonds is 5. The number of carbonyl (C=O) groups excluding carboxylic acids is 1. The molecule has 1 amide bonds. The van der Waals surface area contributed by atoms with E-state index < -0.39 is 0 Å². The number of carbonyl (C=O) groups is 1. The van der Waals surface area contributed by atoms with Crippen LogP contribution in [0, 0.1) is 12.7 Å². The van der Waals surface area contributed by atoms with Crippen molar-refractivity contribution >= 4 is 17.2 Å². The zero-order chi connectivity index (χ0) is 19.0. The van der Waals surface area contributed by atoms with Crippen molar-refractivity contribution in [1.82, 2.24) is 9.88 Å². The first-order valence-corrected chi connectivity index (χ1v) is 9.65. The van der Waals surface area contributed by atoms with Crippen LogP contribution >= 0.6 is 11.3 Å². The fraction of sp³-hybridized carbons (Fsp3) is 0.238. The maximum atomic E-state index is 13.2. The van der Waals surface area contributed by atoms with Crippen molar-refractivity contribution in [1.29, 1.82) is 0 Å². The molecule has 1 heterocycles. The van der Waals surface area contributed by atoms with Crippen LogP contribution < -0.4 is 10.2 Å². The monoisotopic (exact) mass is 382 g/mol. The Balaban J connectivity index is 1.49. The van der Waals surface area contributed by atoms with Crippen LogP contribution in [0.15, 0.2) is 59.4 Å². The third-order valence-corrected chi connectivity index (χ3v) is 5.74. The van der Waals surface area contributed by atoms with Gasteiger partial charge in [-0.2, -0.15) is 0 Å². The first-order valence-electron chi connectivity index (χ1n) is 8.83. The van der Waals surface area contributed by atoms with Crippen molar-refractivity contribution in [3.05, 3.63) is 80.5 Å². The van der Waals surface area contributed by atoms with Crippen molar-refractivity contribution < 1.29 is 9.18 Å². The molecule has 0 saturated heterocycles. The number of nitrogens with zero attached hydrogens (tertiary/aromatic N) is 1. The zero-order valence-corrected chi connectivity index (χ0v) is 15.6. The predicted octanol–water partition coefficient (Wildman–Crippen LogP) is 3.70. The molecule has 138 valence electrons. The molecule has 1 N–H and O–H groups in total. The van der Waals surface area contributed by atoms with Gasteiger partial charge in [0.2, 0.25) is 5.91 Å². The SMILES string of the molecule is Cc1sc(=O)n(CC(=O)N[C@H]2C[C@@H]2c2ccccc2)c1-c1ccc(F)cc1. The largest absolute Gasteiger partial charge is 0.351 e. The van der Waals surface area contributed by atoms with Crippen LogP contribution in [0.1, 0.15) is 22.8 Å². The standard InChI is InChI=1S/C21H19FN2O2S/c1-13-20(15-7-9-16(22)10-8-15)24(21(26)27-13)12-19(25)23-18-11-17(18)14-5-3-2-4-6-14/h2-10,17-18H,11-12H2,1H3,(H,23,25)/t17-,18+/m1/s1. The summed E-state index contributed by atoms with van der Waals surface area (Å²) < 4.78 is 14.7. The van der Waals surface area contributed by atoms with Gasteiger partial charge in [0.05, 0.1) is 5.69 Å². The molecule has 1 aliphatic carbocycles. The van der Waals surface area contributed by atoms with Crippen LogP contribution in [0.25, 0.3) is 11.3 Å². The number of nitrogens with one attached hydrogen (secondary N) is 1. The highest BCUT2D eigenvalue weighted by Gasteiger charge is 2.39. The highest BCUT2D eigenvalue weighted by molar-refractivity contribution is 7.09. The van der Waals surface area contributed by atoms with Crippen LogP contribution in [0.2, 0.25) is 0 Å². The van der Waals surface area contributed by atoms with Gasteiger partial charge in [0, 0.05) is 16.8 Å². The number of aryl methyl sites for hydroxylation is 1. The van der Waals surface area contributed by atoms with Crippen molar-refractivity contribution in [3.8, 4) is 11.3 Å². The Morgan fingerprint density at radius 3 is 2.59 bits per heavy atom. The van der Waals surface area contributed by atoms with Crippen LogP contribution in [-0.4, -0.2) is 16.5 Å². The second kappa shape index (κ2) is 7.12. The second-order valence-corrected chi connectivity index (χ2v) is 7.96. The number of benzene rings is 2. The Morgan fingerprint density at radius 2 is 1.89 bits per heavy atom. The van der Waals surface area contributed by atoms with Gasteiger partial charge in [0.15, 0.2) is 0 Å². The molecule has 1 aliphatic rings. The molecule has 0 radical (unpaired) electrons. The van der Waals surface area contributed by atoms with Gasteiger partial charge in [-0.25, -0.2) is 4.39 Å². The minimum absolute atomic E-state index is 0.0338. The lowest BCUT2D eigenvalue weighted by Crippen LogP contribution is -2.33. The summed E-state index contributed by atoms with van der Waals surface area (Å²) in [5, 5.41) is 3.02. The summed E-state index contributed by atoms with van der Waals surface area (Å²) in [5.41, 5.74) is 2.63. The average Bonchev–Trinajstić information content (AvgIpc) is 3.36. The topological polar surface area (TPSA) is 51.1 Å². The summed E-state index contributed by atoms with van der Waals surface area (Å²) >= 11 is 1.10. The molecule has 6 heteroatoms. The lowest BCUT2D eigenvalue weighted by atomic mass is 10.1. The molecular weight excluding hydrogens is 363 g/mol. The van der Waals surface area contributed by atoms with Crippen LogP contribution in [-0.2, 0) is 11.3 Å². The first kappa shape index (κ1) is 17.7. The highest BCUT2D eigenvalue weighted by atomic mass is 32.1. The van der Waals surface area contributed by atoms with Gasteiger partial charge in [-0.3, -0.25) is 14.2 Å². The second-order valence-electron chi connectivity index (χ2n) is 6.79. The molecule has 27 heavy (non-hydrogen) atoms. The molecule has 0 unspecified atom stereocenters. The van der Waals surface area contributed by atoms with E-state index in [0.29, 0.717) is 11.6 Å². The Kier molecular flexibility index (Phi) is 4.66. The van der Waals surface area contributed by atoms with Gasteiger partial charge in [0.1, 0.15) is 12.4 Å². The Morgan fingerprint density at radius 1 is 1.19 bits per heavy atom. The maximum absolute atomic E-state index is 13.2. The Bertz CT molecular complexity index is 1020. The molecule has 4 rings (SSSR count). The molecular formula is C21H19FN2O2S. The predicted molar refractivity (Wildman–Crippen MR) is 104 cm³/mol. The molecule has 0 spiro atoms. The number of aromatic nitrogens is 1. The van der Waals surface area contributed by atoms with E-state index in [1.165, 1.54) is 22.3 Å². The third kappa shape index (κ3) is 3.71. The summed E-state index contributed by atoms with van der Waals surface area (Å²) in [5.74, 6) is -0.173. The number of thiazole rings is 1. The lowest BCUT2D eigenvalue weighted by Gasteiger charge is -2.10. The van der Waals surface area contributed by atoms with Crippen molar-refractivity contribution in [2.45, 2.75) is 31.8 Å². The molecule has 1 saturated carbocycles. The number of hydrogen-bond donors (Lipinski definition) is 1. The molecule has 0 bridgehead atoms. The van der Waals surface area contributed by atoms with E-state index in [1.54, 1.807) is 12.1 Å². The van der Waals surface area contributed by atoms with E-state index in [1.807, 2.05) is 25.1 Å². The van der Waals surface area contributed by atoms with E-state index >= 15 is 0 Å². The van der Waals surface area contributed by atoms with Gasteiger partial charge < -0.3 is 5.32 Å². The van der Waals surface area contributed by atoms with Crippen LogP contribution in [0.5, 0.6) is 0 Å². The molecule has 3 aromatic rings. The Labute approximate surface area is 160 Å². The van der Waals surface area contributed by atoms with Crippen LogP contribution in [0.4, 0.5) is 4.39 Å². The van der Waals surface area contributed by atoms with Gasteiger partial charge in [0.25, 0.3) is 0 Å². The first-order chi connectivity index (χ1) is 13.0. The zero-order valence-electron chi connectivity index (χ0n) is 14.8. The van der Waals surface area contributed by atoms with Crippen molar-refractivity contribution in [2.24, 2.45) is 0 Å². The fourth-order valence-corrected chi connectivity index (χ4v) is 4.30. The quantitative estimate of drug-likeness (QED) is 0.732. The third-order valence-electron chi connectivity index (χ3n) is 4.85. The van der Waals surface area contributed by atoms with E-state index in [-0.39, 0.29) is 29.2 Å². The minimum atomic E-state index is -0.334. The molecule has 4 nitrogen and oxygen atoms in total. The average molecular weight is 382 g/mol. The smallest absolute Gasteiger partial charge is 0.308 e. The number of halogens is 1. The van der Waals surface area contributed by atoms with E-state index in [0.717, 1.165) is 28.2 Å². The lowest BCUT2D eigenvalue weighted by molar-refractivity contribution is -0.121.